The summed E-state index contributed by atoms with van der Waals surface area (Å²) in [5, 5.41) is 8.79. The lowest BCUT2D eigenvalue weighted by atomic mass is 10.1. The summed E-state index contributed by atoms with van der Waals surface area (Å²) in [6.07, 6.45) is -0.411. The Labute approximate surface area is 122 Å². The summed E-state index contributed by atoms with van der Waals surface area (Å²) in [4.78, 5) is 35.9. The van der Waals surface area contributed by atoms with E-state index in [1.165, 1.54) is 18.9 Å². The lowest BCUT2D eigenvalue weighted by Gasteiger charge is -2.28. The zero-order valence-electron chi connectivity index (χ0n) is 11.9. The van der Waals surface area contributed by atoms with Gasteiger partial charge in [0.1, 0.15) is 12.1 Å². The molecule has 0 unspecified atom stereocenters. The number of aliphatic carboxylic acids is 1. The van der Waals surface area contributed by atoms with Gasteiger partial charge in [-0.15, -0.1) is 0 Å². The van der Waals surface area contributed by atoms with Crippen molar-refractivity contribution in [3.63, 3.8) is 0 Å². The first-order valence-corrected chi connectivity index (χ1v) is 6.31. The van der Waals surface area contributed by atoms with E-state index in [1.807, 2.05) is 0 Å². The molecule has 0 aliphatic rings. The average molecular weight is 294 g/mol. The molecule has 0 aliphatic heterocycles. The third kappa shape index (κ3) is 4.28. The number of nitrogens with two attached hydrogens (primary N) is 1. The number of anilines is 1. The van der Waals surface area contributed by atoms with Gasteiger partial charge in [0.25, 0.3) is 0 Å². The molecule has 3 N–H and O–H groups in total. The fraction of sp³-hybridized carbons (Fsp3) is 0.357. The first kappa shape index (κ1) is 16.6. The van der Waals surface area contributed by atoms with Gasteiger partial charge in [0.05, 0.1) is 13.5 Å². The Bertz CT molecular complexity index is 517. The van der Waals surface area contributed by atoms with Gasteiger partial charge >= 0.3 is 11.9 Å². The molecule has 1 rings (SSSR count). The number of nitrogens with zero attached hydrogens (tertiary/aromatic N) is 1. The van der Waals surface area contributed by atoms with Crippen LogP contribution in [0.2, 0.25) is 0 Å². The molecule has 21 heavy (non-hydrogen) atoms. The number of carbonyl (C=O) groups excluding carboxylic acids is 2. The molecule has 0 fully saturated rings. The SMILES string of the molecule is COC(=O)[C@H](C)N(C(=O)C[C@H](N)C(=O)O)c1ccccc1. The van der Waals surface area contributed by atoms with Crippen LogP contribution in [0.25, 0.3) is 0 Å². The average Bonchev–Trinajstić information content (AvgIpc) is 2.47. The summed E-state index contributed by atoms with van der Waals surface area (Å²) in [7, 11) is 1.22. The van der Waals surface area contributed by atoms with E-state index >= 15 is 0 Å². The molecule has 114 valence electrons. The van der Waals surface area contributed by atoms with Gasteiger partial charge in [0.2, 0.25) is 5.91 Å². The van der Waals surface area contributed by atoms with Gasteiger partial charge < -0.3 is 15.6 Å². The lowest BCUT2D eigenvalue weighted by Crippen LogP contribution is -2.47. The van der Waals surface area contributed by atoms with E-state index < -0.39 is 36.4 Å². The summed E-state index contributed by atoms with van der Waals surface area (Å²) >= 11 is 0. The van der Waals surface area contributed by atoms with E-state index in [2.05, 4.69) is 4.74 Å². The quantitative estimate of drug-likeness (QED) is 0.734. The number of methoxy groups -OCH3 is 1. The third-order valence-corrected chi connectivity index (χ3v) is 2.94. The van der Waals surface area contributed by atoms with Crippen molar-refractivity contribution in [2.45, 2.75) is 25.4 Å². The third-order valence-electron chi connectivity index (χ3n) is 2.94. The molecule has 2 atom stereocenters. The zero-order chi connectivity index (χ0) is 16.0. The molecule has 0 heterocycles. The van der Waals surface area contributed by atoms with Crippen molar-refractivity contribution < 1.29 is 24.2 Å². The predicted octanol–water partition coefficient (Wildman–Crippen LogP) is 0.383. The molecule has 7 heteroatoms. The van der Waals surface area contributed by atoms with Crippen molar-refractivity contribution in [3.05, 3.63) is 30.3 Å². The molecule has 7 nitrogen and oxygen atoms in total. The van der Waals surface area contributed by atoms with Crippen LogP contribution in [-0.2, 0) is 19.1 Å². The summed E-state index contributed by atoms with van der Waals surface area (Å²) in [6, 6.07) is 6.25. The number of para-hydroxylation sites is 1. The zero-order valence-corrected chi connectivity index (χ0v) is 11.9. The second-order valence-electron chi connectivity index (χ2n) is 4.45. The van der Waals surface area contributed by atoms with Crippen LogP contribution in [0.5, 0.6) is 0 Å². The van der Waals surface area contributed by atoms with Crippen molar-refractivity contribution in [2.24, 2.45) is 5.73 Å². The molecule has 1 aromatic rings. The Morgan fingerprint density at radius 3 is 2.33 bits per heavy atom. The van der Waals surface area contributed by atoms with Crippen molar-refractivity contribution >= 4 is 23.5 Å². The van der Waals surface area contributed by atoms with Crippen molar-refractivity contribution in [1.82, 2.24) is 0 Å². The maximum Gasteiger partial charge on any atom is 0.328 e. The summed E-state index contributed by atoms with van der Waals surface area (Å²) in [6.45, 7) is 1.50. The second kappa shape index (κ2) is 7.39. The number of rotatable bonds is 6. The summed E-state index contributed by atoms with van der Waals surface area (Å²) in [5.74, 6) is -2.44. The maximum absolute atomic E-state index is 12.3. The summed E-state index contributed by atoms with van der Waals surface area (Å²) in [5.41, 5.74) is 5.85. The van der Waals surface area contributed by atoms with E-state index in [1.54, 1.807) is 30.3 Å². The van der Waals surface area contributed by atoms with Gasteiger partial charge in [0, 0.05) is 5.69 Å². The highest BCUT2D eigenvalue weighted by Gasteiger charge is 2.30. The van der Waals surface area contributed by atoms with Crippen molar-refractivity contribution in [1.29, 1.82) is 0 Å². The molecule has 0 spiro atoms. The van der Waals surface area contributed by atoms with Gasteiger partial charge in [-0.05, 0) is 19.1 Å². The van der Waals surface area contributed by atoms with Gasteiger partial charge in [0.15, 0.2) is 0 Å². The predicted molar refractivity (Wildman–Crippen MR) is 75.6 cm³/mol. The smallest absolute Gasteiger partial charge is 0.328 e. The molecule has 0 bridgehead atoms. The number of hydrogen-bond donors (Lipinski definition) is 2. The van der Waals surface area contributed by atoms with Crippen LogP contribution in [0.3, 0.4) is 0 Å². The van der Waals surface area contributed by atoms with E-state index in [4.69, 9.17) is 10.8 Å². The minimum Gasteiger partial charge on any atom is -0.480 e. The number of amides is 1. The minimum atomic E-state index is -1.33. The summed E-state index contributed by atoms with van der Waals surface area (Å²) < 4.78 is 4.64. The Hall–Kier alpha value is -2.41. The topological polar surface area (TPSA) is 110 Å². The molecule has 0 radical (unpaired) electrons. The lowest BCUT2D eigenvalue weighted by molar-refractivity contribution is -0.143. The molecule has 1 aromatic carbocycles. The van der Waals surface area contributed by atoms with Crippen LogP contribution in [0.4, 0.5) is 5.69 Å². The van der Waals surface area contributed by atoms with E-state index in [0.29, 0.717) is 5.69 Å². The Morgan fingerprint density at radius 2 is 1.86 bits per heavy atom. The molecule has 0 saturated carbocycles. The highest BCUT2D eigenvalue weighted by atomic mass is 16.5. The van der Waals surface area contributed by atoms with Crippen LogP contribution >= 0.6 is 0 Å². The van der Waals surface area contributed by atoms with Crippen molar-refractivity contribution in [2.75, 3.05) is 12.0 Å². The van der Waals surface area contributed by atoms with Crippen LogP contribution in [0, 0.1) is 0 Å². The van der Waals surface area contributed by atoms with E-state index in [0.717, 1.165) is 0 Å². The minimum absolute atomic E-state index is 0.411. The van der Waals surface area contributed by atoms with E-state index in [9.17, 15) is 14.4 Å². The number of carboxylic acid groups (broad SMARTS) is 1. The molecule has 0 saturated heterocycles. The molecule has 0 aromatic heterocycles. The standard InChI is InChI=1S/C14H18N2O5/c1-9(14(20)21-2)16(10-6-4-3-5-7-10)12(17)8-11(15)13(18)19/h3-7,9,11H,8,15H2,1-2H3,(H,18,19)/t9-,11-/m0/s1. The largest absolute Gasteiger partial charge is 0.480 e. The van der Waals surface area contributed by atoms with Gasteiger partial charge in [-0.1, -0.05) is 18.2 Å². The first-order valence-electron chi connectivity index (χ1n) is 6.31. The van der Waals surface area contributed by atoms with Crippen LogP contribution < -0.4 is 10.6 Å². The molecule has 0 aliphatic carbocycles. The maximum atomic E-state index is 12.3. The van der Waals surface area contributed by atoms with Crippen LogP contribution in [0.1, 0.15) is 13.3 Å². The van der Waals surface area contributed by atoms with Gasteiger partial charge in [-0.2, -0.15) is 0 Å². The number of carboxylic acids is 1. The highest BCUT2D eigenvalue weighted by molar-refractivity contribution is 6.00. The number of benzene rings is 1. The molecule has 1 amide bonds. The number of carbonyl (C=O) groups is 3. The number of esters is 1. The first-order chi connectivity index (χ1) is 9.88. The van der Waals surface area contributed by atoms with Crippen LogP contribution in [0.15, 0.2) is 30.3 Å². The van der Waals surface area contributed by atoms with Gasteiger partial charge in [-0.25, -0.2) is 4.79 Å². The normalized spacial score (nSPS) is 13.1. The Kier molecular flexibility index (Phi) is 5.86. The monoisotopic (exact) mass is 294 g/mol. The molecular weight excluding hydrogens is 276 g/mol. The fourth-order valence-electron chi connectivity index (χ4n) is 1.82. The molecular formula is C14H18N2O5. The number of ether oxygens (including phenoxy) is 1. The second-order valence-corrected chi connectivity index (χ2v) is 4.45. The van der Waals surface area contributed by atoms with Gasteiger partial charge in [-0.3, -0.25) is 14.5 Å². The number of hydrogen-bond acceptors (Lipinski definition) is 5. The Morgan fingerprint density at radius 1 is 1.29 bits per heavy atom. The fourth-order valence-corrected chi connectivity index (χ4v) is 1.82. The van der Waals surface area contributed by atoms with E-state index in [-0.39, 0.29) is 0 Å². The van der Waals surface area contributed by atoms with Crippen LogP contribution in [-0.4, -0.2) is 42.1 Å². The Balaban J connectivity index is 3.05. The van der Waals surface area contributed by atoms with Crippen molar-refractivity contribution in [3.8, 4) is 0 Å². The highest BCUT2D eigenvalue weighted by Crippen LogP contribution is 2.19.